The van der Waals surface area contributed by atoms with Gasteiger partial charge in [-0.25, -0.2) is 0 Å². The molecule has 1 N–H and O–H groups in total. The number of hydrogen-bond acceptors (Lipinski definition) is 4. The third-order valence-electron chi connectivity index (χ3n) is 4.91. The SMILES string of the molecule is Cc1ccc(CC(=O)OCC(=O)Nc2ccc(N3CCCC3)cc2)cc1C. The van der Waals surface area contributed by atoms with E-state index >= 15 is 0 Å². The van der Waals surface area contributed by atoms with E-state index in [2.05, 4.69) is 10.2 Å². The molecule has 27 heavy (non-hydrogen) atoms. The maximum atomic E-state index is 12.0. The van der Waals surface area contributed by atoms with Gasteiger partial charge < -0.3 is 15.0 Å². The minimum atomic E-state index is -0.405. The van der Waals surface area contributed by atoms with Crippen molar-refractivity contribution in [2.24, 2.45) is 0 Å². The van der Waals surface area contributed by atoms with Gasteiger partial charge in [-0.2, -0.15) is 0 Å². The Labute approximate surface area is 160 Å². The smallest absolute Gasteiger partial charge is 0.310 e. The topological polar surface area (TPSA) is 58.6 Å². The van der Waals surface area contributed by atoms with Crippen LogP contribution in [0.15, 0.2) is 42.5 Å². The van der Waals surface area contributed by atoms with E-state index in [1.54, 1.807) is 0 Å². The summed E-state index contributed by atoms with van der Waals surface area (Å²) in [5, 5.41) is 2.76. The van der Waals surface area contributed by atoms with Crippen LogP contribution in [0.25, 0.3) is 0 Å². The normalized spacial score (nSPS) is 13.5. The van der Waals surface area contributed by atoms with Crippen LogP contribution < -0.4 is 10.2 Å². The number of hydrogen-bond donors (Lipinski definition) is 1. The number of anilines is 2. The van der Waals surface area contributed by atoms with Gasteiger partial charge in [-0.1, -0.05) is 18.2 Å². The molecule has 2 aromatic rings. The van der Waals surface area contributed by atoms with E-state index in [4.69, 9.17) is 4.74 Å². The highest BCUT2D eigenvalue weighted by Crippen LogP contribution is 2.22. The number of ether oxygens (including phenoxy) is 1. The lowest BCUT2D eigenvalue weighted by atomic mass is 10.0. The highest BCUT2D eigenvalue weighted by Gasteiger charge is 2.13. The van der Waals surface area contributed by atoms with Gasteiger partial charge in [0.05, 0.1) is 6.42 Å². The first-order valence-corrected chi connectivity index (χ1v) is 9.38. The Morgan fingerprint density at radius 2 is 1.70 bits per heavy atom. The monoisotopic (exact) mass is 366 g/mol. The number of rotatable bonds is 6. The van der Waals surface area contributed by atoms with E-state index in [0.29, 0.717) is 5.69 Å². The molecule has 0 aromatic heterocycles. The van der Waals surface area contributed by atoms with Gasteiger partial charge in [-0.3, -0.25) is 9.59 Å². The van der Waals surface area contributed by atoms with Crippen LogP contribution in [-0.4, -0.2) is 31.6 Å². The second-order valence-electron chi connectivity index (χ2n) is 7.05. The zero-order chi connectivity index (χ0) is 19.2. The standard InChI is InChI=1S/C22H26N2O3/c1-16-5-6-18(13-17(16)2)14-22(26)27-15-21(25)23-19-7-9-20(10-8-19)24-11-3-4-12-24/h5-10,13H,3-4,11-12,14-15H2,1-2H3,(H,23,25). The predicted octanol–water partition coefficient (Wildman–Crippen LogP) is 3.63. The van der Waals surface area contributed by atoms with Crippen LogP contribution in [0.1, 0.15) is 29.5 Å². The van der Waals surface area contributed by atoms with Crippen molar-refractivity contribution in [1.29, 1.82) is 0 Å². The third kappa shape index (κ3) is 5.33. The molecule has 1 saturated heterocycles. The van der Waals surface area contributed by atoms with Crippen molar-refractivity contribution in [2.75, 3.05) is 29.9 Å². The van der Waals surface area contributed by atoms with E-state index in [9.17, 15) is 9.59 Å². The number of esters is 1. The largest absolute Gasteiger partial charge is 0.455 e. The molecule has 0 unspecified atom stereocenters. The molecule has 0 radical (unpaired) electrons. The lowest BCUT2D eigenvalue weighted by molar-refractivity contribution is -0.146. The summed E-state index contributed by atoms with van der Waals surface area (Å²) in [6.45, 7) is 5.92. The molecule has 1 fully saturated rings. The van der Waals surface area contributed by atoms with Crippen LogP contribution in [0, 0.1) is 13.8 Å². The van der Waals surface area contributed by atoms with Gasteiger partial charge in [-0.05, 0) is 67.6 Å². The second kappa shape index (κ2) is 8.71. The molecule has 0 saturated carbocycles. The molecular formula is C22H26N2O3. The second-order valence-corrected chi connectivity index (χ2v) is 7.05. The van der Waals surface area contributed by atoms with E-state index in [1.165, 1.54) is 24.1 Å². The number of carbonyl (C=O) groups is 2. The molecule has 0 bridgehead atoms. The van der Waals surface area contributed by atoms with Crippen LogP contribution in [-0.2, 0) is 20.7 Å². The summed E-state index contributed by atoms with van der Waals surface area (Å²) >= 11 is 0. The average molecular weight is 366 g/mol. The van der Waals surface area contributed by atoms with Gasteiger partial charge in [0.1, 0.15) is 0 Å². The fourth-order valence-corrected chi connectivity index (χ4v) is 3.21. The van der Waals surface area contributed by atoms with Crippen molar-refractivity contribution in [3.8, 4) is 0 Å². The van der Waals surface area contributed by atoms with Crippen LogP contribution in [0.3, 0.4) is 0 Å². The molecule has 1 heterocycles. The molecule has 0 spiro atoms. The zero-order valence-corrected chi connectivity index (χ0v) is 16.0. The van der Waals surface area contributed by atoms with E-state index < -0.39 is 5.97 Å². The molecule has 2 aromatic carbocycles. The Bertz CT molecular complexity index is 809. The Kier molecular flexibility index (Phi) is 6.12. The van der Waals surface area contributed by atoms with Gasteiger partial charge in [0, 0.05) is 24.5 Å². The third-order valence-corrected chi connectivity index (χ3v) is 4.91. The van der Waals surface area contributed by atoms with Crippen molar-refractivity contribution in [2.45, 2.75) is 33.1 Å². The summed E-state index contributed by atoms with van der Waals surface area (Å²) in [6.07, 6.45) is 2.62. The molecule has 5 heteroatoms. The Hall–Kier alpha value is -2.82. The van der Waals surface area contributed by atoms with Gasteiger partial charge in [0.2, 0.25) is 0 Å². The van der Waals surface area contributed by atoms with Crippen molar-refractivity contribution in [3.05, 3.63) is 59.2 Å². The number of carbonyl (C=O) groups excluding carboxylic acids is 2. The van der Waals surface area contributed by atoms with Crippen LogP contribution in [0.4, 0.5) is 11.4 Å². The molecule has 5 nitrogen and oxygen atoms in total. The summed E-state index contributed by atoms with van der Waals surface area (Å²) in [5.41, 5.74) is 5.08. The first-order valence-electron chi connectivity index (χ1n) is 9.38. The quantitative estimate of drug-likeness (QED) is 0.793. The fraction of sp³-hybridized carbons (Fsp3) is 0.364. The first kappa shape index (κ1) is 19.0. The summed E-state index contributed by atoms with van der Waals surface area (Å²) in [6, 6.07) is 13.6. The molecule has 1 aliphatic heterocycles. The maximum Gasteiger partial charge on any atom is 0.310 e. The number of nitrogens with zero attached hydrogens (tertiary/aromatic N) is 1. The van der Waals surface area contributed by atoms with Crippen LogP contribution in [0.5, 0.6) is 0 Å². The van der Waals surface area contributed by atoms with E-state index in [0.717, 1.165) is 24.2 Å². The minimum Gasteiger partial charge on any atom is -0.455 e. The molecule has 142 valence electrons. The number of amides is 1. The maximum absolute atomic E-state index is 12.0. The van der Waals surface area contributed by atoms with Crippen molar-refractivity contribution >= 4 is 23.3 Å². The number of nitrogens with one attached hydrogen (secondary N) is 1. The molecule has 1 aliphatic rings. The molecule has 3 rings (SSSR count). The van der Waals surface area contributed by atoms with Gasteiger partial charge in [0.25, 0.3) is 5.91 Å². The first-order chi connectivity index (χ1) is 13.0. The average Bonchev–Trinajstić information content (AvgIpc) is 3.18. The van der Waals surface area contributed by atoms with Gasteiger partial charge in [-0.15, -0.1) is 0 Å². The van der Waals surface area contributed by atoms with Crippen molar-refractivity contribution < 1.29 is 14.3 Å². The van der Waals surface area contributed by atoms with Gasteiger partial charge >= 0.3 is 5.97 Å². The summed E-state index contributed by atoms with van der Waals surface area (Å²) in [5.74, 6) is -0.741. The van der Waals surface area contributed by atoms with Crippen molar-refractivity contribution in [3.63, 3.8) is 0 Å². The Balaban J connectivity index is 1.44. The van der Waals surface area contributed by atoms with E-state index in [1.807, 2.05) is 56.3 Å². The molecule has 0 atom stereocenters. The number of benzene rings is 2. The Morgan fingerprint density at radius 3 is 2.37 bits per heavy atom. The lowest BCUT2D eigenvalue weighted by Crippen LogP contribution is -2.22. The zero-order valence-electron chi connectivity index (χ0n) is 16.0. The predicted molar refractivity (Wildman–Crippen MR) is 107 cm³/mol. The van der Waals surface area contributed by atoms with Crippen molar-refractivity contribution in [1.82, 2.24) is 0 Å². The summed E-state index contributed by atoms with van der Waals surface area (Å²) < 4.78 is 5.10. The van der Waals surface area contributed by atoms with Gasteiger partial charge in [0.15, 0.2) is 6.61 Å². The fourth-order valence-electron chi connectivity index (χ4n) is 3.21. The molecule has 0 aliphatic carbocycles. The summed E-state index contributed by atoms with van der Waals surface area (Å²) in [7, 11) is 0. The van der Waals surface area contributed by atoms with Crippen LogP contribution in [0.2, 0.25) is 0 Å². The number of aryl methyl sites for hydroxylation is 2. The minimum absolute atomic E-state index is 0.166. The Morgan fingerprint density at radius 1 is 1.00 bits per heavy atom. The molecular weight excluding hydrogens is 340 g/mol. The summed E-state index contributed by atoms with van der Waals surface area (Å²) in [4.78, 5) is 26.3. The highest BCUT2D eigenvalue weighted by molar-refractivity contribution is 5.93. The highest BCUT2D eigenvalue weighted by atomic mass is 16.5. The molecule has 1 amide bonds. The van der Waals surface area contributed by atoms with Crippen LogP contribution >= 0.6 is 0 Å². The van der Waals surface area contributed by atoms with E-state index in [-0.39, 0.29) is 18.9 Å². The lowest BCUT2D eigenvalue weighted by Gasteiger charge is -2.17.